The van der Waals surface area contributed by atoms with Crippen molar-refractivity contribution in [2.45, 2.75) is 38.1 Å². The zero-order valence-electron chi connectivity index (χ0n) is 13.0. The number of aliphatic hydroxyl groups is 1. The van der Waals surface area contributed by atoms with Crippen molar-refractivity contribution in [2.24, 2.45) is 5.41 Å². The van der Waals surface area contributed by atoms with E-state index in [1.165, 1.54) is 19.2 Å². The smallest absolute Gasteiger partial charge is 0.240 e. The van der Waals surface area contributed by atoms with Crippen LogP contribution < -0.4 is 15.8 Å². The van der Waals surface area contributed by atoms with Gasteiger partial charge < -0.3 is 16.2 Å². The van der Waals surface area contributed by atoms with Gasteiger partial charge in [0.2, 0.25) is 10.0 Å². The summed E-state index contributed by atoms with van der Waals surface area (Å²) in [5, 5.41) is 12.5. The van der Waals surface area contributed by atoms with E-state index in [4.69, 9.17) is 5.73 Å². The first-order valence-electron chi connectivity index (χ1n) is 6.82. The van der Waals surface area contributed by atoms with E-state index >= 15 is 0 Å². The van der Waals surface area contributed by atoms with Gasteiger partial charge in [-0.2, -0.15) is 0 Å². The molecule has 0 bridgehead atoms. The van der Waals surface area contributed by atoms with Gasteiger partial charge in [-0.1, -0.05) is 20.8 Å². The number of sulfonamides is 1. The van der Waals surface area contributed by atoms with Crippen molar-refractivity contribution in [1.29, 1.82) is 0 Å². The first-order valence-corrected chi connectivity index (χ1v) is 8.30. The third-order valence-electron chi connectivity index (χ3n) is 3.39. The molecule has 1 atom stereocenters. The molecule has 0 fully saturated rings. The normalized spacial score (nSPS) is 14.0. The Hall–Kier alpha value is -1.31. The molecule has 0 saturated heterocycles. The van der Waals surface area contributed by atoms with Crippen LogP contribution in [0.4, 0.5) is 11.4 Å². The minimum Gasteiger partial charge on any atom is -0.397 e. The summed E-state index contributed by atoms with van der Waals surface area (Å²) in [6.45, 7) is 6.27. The van der Waals surface area contributed by atoms with E-state index in [0.29, 0.717) is 17.8 Å². The molecular formula is C14H25N3O3S. The third kappa shape index (κ3) is 4.59. The van der Waals surface area contributed by atoms with Crippen LogP contribution in [0.25, 0.3) is 0 Å². The Morgan fingerprint density at radius 1 is 1.33 bits per heavy atom. The maximum Gasteiger partial charge on any atom is 0.240 e. The third-order valence-corrected chi connectivity index (χ3v) is 4.81. The maximum absolute atomic E-state index is 11.7. The molecule has 1 rings (SSSR count). The fourth-order valence-electron chi connectivity index (χ4n) is 2.00. The second kappa shape index (κ2) is 6.64. The highest BCUT2D eigenvalue weighted by Gasteiger charge is 2.24. The highest BCUT2D eigenvalue weighted by atomic mass is 32.2. The van der Waals surface area contributed by atoms with Crippen LogP contribution in [0.3, 0.4) is 0 Å². The minimum absolute atomic E-state index is 0.0246. The molecule has 1 aromatic carbocycles. The van der Waals surface area contributed by atoms with Gasteiger partial charge in [-0.05, 0) is 37.1 Å². The highest BCUT2D eigenvalue weighted by Crippen LogP contribution is 2.29. The maximum atomic E-state index is 11.7. The Balaban J connectivity index is 3.05. The van der Waals surface area contributed by atoms with E-state index in [1.54, 1.807) is 6.07 Å². The first-order chi connectivity index (χ1) is 9.61. The van der Waals surface area contributed by atoms with Gasteiger partial charge in [0.05, 0.1) is 16.3 Å². The average Bonchev–Trinajstić information content (AvgIpc) is 2.39. The monoisotopic (exact) mass is 315 g/mol. The van der Waals surface area contributed by atoms with Crippen molar-refractivity contribution in [3.8, 4) is 0 Å². The molecule has 0 aliphatic carbocycles. The van der Waals surface area contributed by atoms with Crippen LogP contribution in [-0.4, -0.2) is 33.2 Å². The van der Waals surface area contributed by atoms with E-state index in [2.05, 4.69) is 30.8 Å². The summed E-state index contributed by atoms with van der Waals surface area (Å²) in [5.74, 6) is 0. The summed E-state index contributed by atoms with van der Waals surface area (Å²) in [5.41, 5.74) is 6.90. The van der Waals surface area contributed by atoms with Crippen molar-refractivity contribution in [3.63, 3.8) is 0 Å². The fraction of sp³-hybridized carbons (Fsp3) is 0.571. The van der Waals surface area contributed by atoms with Gasteiger partial charge >= 0.3 is 0 Å². The van der Waals surface area contributed by atoms with Crippen LogP contribution in [-0.2, 0) is 10.0 Å². The highest BCUT2D eigenvalue weighted by molar-refractivity contribution is 7.89. The molecule has 1 unspecified atom stereocenters. The van der Waals surface area contributed by atoms with E-state index in [1.807, 2.05) is 0 Å². The summed E-state index contributed by atoms with van der Waals surface area (Å²) in [4.78, 5) is 0.127. The zero-order valence-corrected chi connectivity index (χ0v) is 13.8. The largest absolute Gasteiger partial charge is 0.397 e. The van der Waals surface area contributed by atoms with Gasteiger partial charge in [0.25, 0.3) is 0 Å². The number of benzene rings is 1. The topological polar surface area (TPSA) is 104 Å². The lowest BCUT2D eigenvalue weighted by Gasteiger charge is -2.32. The molecule has 1 aromatic rings. The number of rotatable bonds is 6. The molecule has 5 N–H and O–H groups in total. The van der Waals surface area contributed by atoms with Crippen LogP contribution in [0.2, 0.25) is 0 Å². The second-order valence-corrected chi connectivity index (χ2v) is 7.92. The van der Waals surface area contributed by atoms with Gasteiger partial charge in [0, 0.05) is 12.6 Å². The molecule has 0 aromatic heterocycles. The number of anilines is 2. The van der Waals surface area contributed by atoms with Gasteiger partial charge in [-0.25, -0.2) is 13.1 Å². The predicted octanol–water partition coefficient (Wildman–Crippen LogP) is 1.39. The van der Waals surface area contributed by atoms with Gasteiger partial charge in [0.15, 0.2) is 0 Å². The molecule has 7 heteroatoms. The number of nitrogen functional groups attached to an aromatic ring is 1. The first kappa shape index (κ1) is 17.7. The molecular weight excluding hydrogens is 290 g/mol. The second-order valence-electron chi connectivity index (χ2n) is 6.03. The van der Waals surface area contributed by atoms with Crippen molar-refractivity contribution in [1.82, 2.24) is 4.72 Å². The Kier molecular flexibility index (Phi) is 5.61. The van der Waals surface area contributed by atoms with Crippen LogP contribution >= 0.6 is 0 Å². The predicted molar refractivity (Wildman–Crippen MR) is 85.7 cm³/mol. The van der Waals surface area contributed by atoms with Crippen molar-refractivity contribution < 1.29 is 13.5 Å². The van der Waals surface area contributed by atoms with E-state index in [-0.39, 0.29) is 23.0 Å². The quantitative estimate of drug-likeness (QED) is 0.594. The Morgan fingerprint density at radius 3 is 2.38 bits per heavy atom. The molecule has 120 valence electrons. The molecule has 0 aliphatic rings. The minimum atomic E-state index is -3.50. The molecule has 0 radical (unpaired) electrons. The molecule has 21 heavy (non-hydrogen) atoms. The Bertz CT molecular complexity index is 580. The summed E-state index contributed by atoms with van der Waals surface area (Å²) in [6.07, 6.45) is 0.583. The molecule has 0 amide bonds. The van der Waals surface area contributed by atoms with E-state index in [0.717, 1.165) is 0 Å². The van der Waals surface area contributed by atoms with Crippen LogP contribution in [0.15, 0.2) is 23.1 Å². The van der Waals surface area contributed by atoms with E-state index < -0.39 is 10.0 Å². The molecule has 0 saturated carbocycles. The molecule has 0 aliphatic heterocycles. The van der Waals surface area contributed by atoms with E-state index in [9.17, 15) is 13.5 Å². The summed E-state index contributed by atoms with van der Waals surface area (Å²) < 4.78 is 25.7. The van der Waals surface area contributed by atoms with Gasteiger partial charge in [-0.15, -0.1) is 0 Å². The number of nitrogens with two attached hydrogens (primary N) is 1. The van der Waals surface area contributed by atoms with Gasteiger partial charge in [0.1, 0.15) is 0 Å². The lowest BCUT2D eigenvalue weighted by Crippen LogP contribution is -2.35. The number of hydrogen-bond acceptors (Lipinski definition) is 5. The van der Waals surface area contributed by atoms with Crippen LogP contribution in [0.1, 0.15) is 27.2 Å². The summed E-state index contributed by atoms with van der Waals surface area (Å²) in [6, 6.07) is 4.60. The number of aliphatic hydroxyl groups excluding tert-OH is 1. The number of hydrogen-bond donors (Lipinski definition) is 4. The summed E-state index contributed by atoms with van der Waals surface area (Å²) >= 11 is 0. The molecule has 0 spiro atoms. The standard InChI is InChI=1S/C14H25N3O3S/c1-14(2,3)13(7-8-18)17-12-6-5-10(9-11(12)15)21(19,20)16-4/h5-6,9,13,16-18H,7-8,15H2,1-4H3. The zero-order chi connectivity index (χ0) is 16.3. The lowest BCUT2D eigenvalue weighted by molar-refractivity contribution is 0.235. The Morgan fingerprint density at radius 2 is 1.95 bits per heavy atom. The van der Waals surface area contributed by atoms with Crippen molar-refractivity contribution >= 4 is 21.4 Å². The van der Waals surface area contributed by atoms with Gasteiger partial charge in [-0.3, -0.25) is 0 Å². The lowest BCUT2D eigenvalue weighted by atomic mass is 9.84. The fourth-order valence-corrected chi connectivity index (χ4v) is 2.76. The Labute approximate surface area is 126 Å². The number of nitrogens with one attached hydrogen (secondary N) is 2. The van der Waals surface area contributed by atoms with Crippen molar-refractivity contribution in [2.75, 3.05) is 24.7 Å². The summed E-state index contributed by atoms with van der Waals surface area (Å²) in [7, 11) is -2.15. The molecule has 0 heterocycles. The average molecular weight is 315 g/mol. The SMILES string of the molecule is CNS(=O)(=O)c1ccc(NC(CCO)C(C)(C)C)c(N)c1. The van der Waals surface area contributed by atoms with Crippen molar-refractivity contribution in [3.05, 3.63) is 18.2 Å². The molecule has 6 nitrogen and oxygen atoms in total. The van der Waals surface area contributed by atoms with Crippen LogP contribution in [0.5, 0.6) is 0 Å². The van der Waals surface area contributed by atoms with Crippen LogP contribution in [0, 0.1) is 5.41 Å².